The number of rotatable bonds is 4. The van der Waals surface area contributed by atoms with E-state index in [0.717, 1.165) is 22.4 Å². The van der Waals surface area contributed by atoms with Gasteiger partial charge < -0.3 is 4.74 Å². The molecule has 0 fully saturated rings. The Labute approximate surface area is 123 Å². The number of nitrogens with two attached hydrogens (primary N) is 1. The highest BCUT2D eigenvalue weighted by atomic mass is 35.5. The van der Waals surface area contributed by atoms with Crippen LogP contribution in [-0.2, 0) is 0 Å². The van der Waals surface area contributed by atoms with Crippen LogP contribution in [0.5, 0.6) is 5.75 Å². The fraction of sp³-hybridized carbons (Fsp3) is 0.267. The number of benzene rings is 1. The summed E-state index contributed by atoms with van der Waals surface area (Å²) in [6, 6.07) is 7.54. The summed E-state index contributed by atoms with van der Waals surface area (Å²) >= 11 is 5.95. The molecule has 0 bridgehead atoms. The van der Waals surface area contributed by atoms with Crippen molar-refractivity contribution in [2.75, 3.05) is 7.11 Å². The third-order valence-corrected chi connectivity index (χ3v) is 3.68. The number of aromatic nitrogens is 1. The van der Waals surface area contributed by atoms with Crippen molar-refractivity contribution in [2.45, 2.75) is 19.9 Å². The molecule has 0 spiro atoms. The van der Waals surface area contributed by atoms with Gasteiger partial charge in [-0.05, 0) is 42.7 Å². The van der Waals surface area contributed by atoms with Crippen molar-refractivity contribution >= 4 is 11.6 Å². The van der Waals surface area contributed by atoms with Gasteiger partial charge in [0, 0.05) is 11.8 Å². The summed E-state index contributed by atoms with van der Waals surface area (Å²) in [6.07, 6.45) is 1.66. The Bertz CT molecular complexity index is 616. The summed E-state index contributed by atoms with van der Waals surface area (Å²) < 4.78 is 5.55. The van der Waals surface area contributed by atoms with Crippen LogP contribution < -0.4 is 16.0 Å². The molecule has 3 N–H and O–H groups in total. The smallest absolute Gasteiger partial charge is 0.129 e. The first kappa shape index (κ1) is 14.8. The molecule has 2 rings (SSSR count). The first-order chi connectivity index (χ1) is 9.58. The van der Waals surface area contributed by atoms with Crippen molar-refractivity contribution < 1.29 is 4.74 Å². The summed E-state index contributed by atoms with van der Waals surface area (Å²) in [5, 5.41) is 0.436. The zero-order valence-corrected chi connectivity index (χ0v) is 12.5. The third-order valence-electron chi connectivity index (χ3n) is 3.47. The first-order valence-corrected chi connectivity index (χ1v) is 6.68. The summed E-state index contributed by atoms with van der Waals surface area (Å²) in [7, 11) is 1.67. The molecular weight excluding hydrogens is 274 g/mol. The van der Waals surface area contributed by atoms with Crippen molar-refractivity contribution in [2.24, 2.45) is 5.84 Å². The maximum absolute atomic E-state index is 5.95. The largest absolute Gasteiger partial charge is 0.496 e. The standard InChI is InChI=1S/C15H18ClN3O/c1-9-4-5-12(15(20-3)10(9)2)14(19-17)11-6-7-18-13(16)8-11/h4-8,14,19H,17H2,1-3H3. The lowest BCUT2D eigenvalue weighted by Gasteiger charge is -2.21. The molecule has 106 valence electrons. The lowest BCUT2D eigenvalue weighted by atomic mass is 9.95. The number of hydrogen-bond donors (Lipinski definition) is 2. The van der Waals surface area contributed by atoms with Crippen LogP contribution in [0.2, 0.25) is 5.15 Å². The van der Waals surface area contributed by atoms with E-state index in [1.54, 1.807) is 19.4 Å². The lowest BCUT2D eigenvalue weighted by Crippen LogP contribution is -2.29. The summed E-state index contributed by atoms with van der Waals surface area (Å²) in [6.45, 7) is 4.08. The molecule has 0 saturated carbocycles. The molecule has 1 aromatic carbocycles. The monoisotopic (exact) mass is 291 g/mol. The third kappa shape index (κ3) is 2.77. The second kappa shape index (κ2) is 6.22. The van der Waals surface area contributed by atoms with Crippen molar-refractivity contribution in [1.82, 2.24) is 10.4 Å². The van der Waals surface area contributed by atoms with E-state index in [2.05, 4.69) is 23.4 Å². The minimum absolute atomic E-state index is 0.204. The predicted octanol–water partition coefficient (Wildman–Crippen LogP) is 2.91. The number of pyridine rings is 1. The average Bonchev–Trinajstić information content (AvgIpc) is 2.44. The van der Waals surface area contributed by atoms with Gasteiger partial charge >= 0.3 is 0 Å². The molecule has 1 atom stereocenters. The molecule has 5 heteroatoms. The van der Waals surface area contributed by atoms with E-state index in [1.807, 2.05) is 19.1 Å². The topological polar surface area (TPSA) is 60.2 Å². The highest BCUT2D eigenvalue weighted by molar-refractivity contribution is 6.29. The highest BCUT2D eigenvalue weighted by Gasteiger charge is 2.19. The molecule has 0 aliphatic rings. The second-order valence-corrected chi connectivity index (χ2v) is 5.03. The molecule has 0 aliphatic heterocycles. The molecule has 0 radical (unpaired) electrons. The molecule has 4 nitrogen and oxygen atoms in total. The highest BCUT2D eigenvalue weighted by Crippen LogP contribution is 2.34. The Morgan fingerprint density at radius 2 is 2.05 bits per heavy atom. The predicted molar refractivity (Wildman–Crippen MR) is 80.9 cm³/mol. The zero-order chi connectivity index (χ0) is 14.7. The lowest BCUT2D eigenvalue weighted by molar-refractivity contribution is 0.400. The second-order valence-electron chi connectivity index (χ2n) is 4.64. The van der Waals surface area contributed by atoms with Gasteiger partial charge in [0.05, 0.1) is 13.2 Å². The number of ether oxygens (including phenoxy) is 1. The molecule has 1 unspecified atom stereocenters. The number of nitrogens with zero attached hydrogens (tertiary/aromatic N) is 1. The van der Waals surface area contributed by atoms with E-state index < -0.39 is 0 Å². The molecule has 0 amide bonds. The minimum Gasteiger partial charge on any atom is -0.496 e. The molecular formula is C15H18ClN3O. The van der Waals surface area contributed by atoms with Crippen LogP contribution in [0.4, 0.5) is 0 Å². The number of hydrazine groups is 1. The van der Waals surface area contributed by atoms with Crippen molar-refractivity contribution in [3.63, 3.8) is 0 Å². The van der Waals surface area contributed by atoms with Crippen molar-refractivity contribution in [3.05, 3.63) is 57.9 Å². The van der Waals surface area contributed by atoms with Crippen LogP contribution in [-0.4, -0.2) is 12.1 Å². The van der Waals surface area contributed by atoms with E-state index in [0.29, 0.717) is 5.15 Å². The van der Waals surface area contributed by atoms with Crippen molar-refractivity contribution in [1.29, 1.82) is 0 Å². The summed E-state index contributed by atoms with van der Waals surface area (Å²) in [4.78, 5) is 3.99. The van der Waals surface area contributed by atoms with Gasteiger partial charge in [0.2, 0.25) is 0 Å². The molecule has 0 aliphatic carbocycles. The van der Waals surface area contributed by atoms with Gasteiger partial charge in [-0.3, -0.25) is 5.84 Å². The van der Waals surface area contributed by atoms with Crippen LogP contribution >= 0.6 is 11.6 Å². The van der Waals surface area contributed by atoms with Crippen LogP contribution in [0.15, 0.2) is 30.5 Å². The van der Waals surface area contributed by atoms with E-state index in [9.17, 15) is 0 Å². The number of nitrogens with one attached hydrogen (secondary N) is 1. The summed E-state index contributed by atoms with van der Waals surface area (Å²) in [5.74, 6) is 6.56. The van der Waals surface area contributed by atoms with Crippen LogP contribution in [0.25, 0.3) is 0 Å². The SMILES string of the molecule is COc1c(C(NN)c2ccnc(Cl)c2)ccc(C)c1C. The number of methoxy groups -OCH3 is 1. The van der Waals surface area contributed by atoms with Gasteiger partial charge in [-0.25, -0.2) is 10.4 Å². The quantitative estimate of drug-likeness (QED) is 0.516. The van der Waals surface area contributed by atoms with Crippen LogP contribution in [0, 0.1) is 13.8 Å². The van der Waals surface area contributed by atoms with Crippen LogP contribution in [0.3, 0.4) is 0 Å². The fourth-order valence-electron chi connectivity index (χ4n) is 2.27. The fourth-order valence-corrected chi connectivity index (χ4v) is 2.45. The van der Waals surface area contributed by atoms with Crippen LogP contribution in [0.1, 0.15) is 28.3 Å². The Hall–Kier alpha value is -1.62. The normalized spacial score (nSPS) is 12.2. The zero-order valence-electron chi connectivity index (χ0n) is 11.8. The Morgan fingerprint density at radius 1 is 1.30 bits per heavy atom. The van der Waals surface area contributed by atoms with E-state index in [4.69, 9.17) is 22.2 Å². The van der Waals surface area contributed by atoms with Gasteiger partial charge in [0.1, 0.15) is 10.9 Å². The van der Waals surface area contributed by atoms with Gasteiger partial charge in [-0.15, -0.1) is 0 Å². The van der Waals surface area contributed by atoms with Gasteiger partial charge in [-0.1, -0.05) is 23.7 Å². The molecule has 1 heterocycles. The average molecular weight is 292 g/mol. The van der Waals surface area contributed by atoms with Gasteiger partial charge in [-0.2, -0.15) is 0 Å². The molecule has 1 aromatic heterocycles. The van der Waals surface area contributed by atoms with E-state index >= 15 is 0 Å². The Morgan fingerprint density at radius 3 is 2.65 bits per heavy atom. The summed E-state index contributed by atoms with van der Waals surface area (Å²) in [5.41, 5.74) is 7.01. The van der Waals surface area contributed by atoms with E-state index in [-0.39, 0.29) is 6.04 Å². The Kier molecular flexibility index (Phi) is 4.60. The molecule has 20 heavy (non-hydrogen) atoms. The number of aryl methyl sites for hydroxylation is 1. The van der Waals surface area contributed by atoms with Crippen molar-refractivity contribution in [3.8, 4) is 5.75 Å². The molecule has 2 aromatic rings. The number of hydrogen-bond acceptors (Lipinski definition) is 4. The minimum atomic E-state index is -0.204. The first-order valence-electron chi connectivity index (χ1n) is 6.30. The number of halogens is 1. The van der Waals surface area contributed by atoms with E-state index in [1.165, 1.54) is 5.56 Å². The maximum atomic E-state index is 5.95. The van der Waals surface area contributed by atoms with Gasteiger partial charge in [0.25, 0.3) is 0 Å². The maximum Gasteiger partial charge on any atom is 0.129 e. The van der Waals surface area contributed by atoms with Gasteiger partial charge in [0.15, 0.2) is 0 Å². The Balaban J connectivity index is 2.55. The molecule has 0 saturated heterocycles.